The van der Waals surface area contributed by atoms with Crippen LogP contribution in [-0.4, -0.2) is 53.8 Å². The third-order valence-corrected chi connectivity index (χ3v) is 4.94. The highest BCUT2D eigenvalue weighted by Crippen LogP contribution is 2.33. The van der Waals surface area contributed by atoms with Crippen molar-refractivity contribution in [1.29, 1.82) is 0 Å². The van der Waals surface area contributed by atoms with Gasteiger partial charge in [0.25, 0.3) is 11.8 Å². The lowest BCUT2D eigenvalue weighted by atomic mass is 9.80. The lowest BCUT2D eigenvalue weighted by Crippen LogP contribution is -2.39. The molecule has 0 spiro atoms. The molecule has 2 rings (SSSR count). The Bertz CT molecular complexity index is 504. The van der Waals surface area contributed by atoms with E-state index in [2.05, 4.69) is 26.1 Å². The fraction of sp³-hybridized carbons (Fsp3) is 0.722. The van der Waals surface area contributed by atoms with Crippen molar-refractivity contribution in [3.05, 3.63) is 12.2 Å². The molecule has 1 saturated heterocycles. The number of likely N-dealkylation sites (tertiary alicyclic amines) is 1. The van der Waals surface area contributed by atoms with Crippen molar-refractivity contribution in [2.24, 2.45) is 11.3 Å². The minimum atomic E-state index is -0.226. The number of urea groups is 1. The summed E-state index contributed by atoms with van der Waals surface area (Å²) in [4.78, 5) is 38.1. The molecule has 4 amide bonds. The van der Waals surface area contributed by atoms with E-state index >= 15 is 0 Å². The Morgan fingerprint density at radius 3 is 2.42 bits per heavy atom. The number of unbranched alkanes of at least 4 members (excludes halogenated alkanes) is 2. The summed E-state index contributed by atoms with van der Waals surface area (Å²) in [5.41, 5.74) is 0.244. The maximum absolute atomic E-state index is 12.2. The second kappa shape index (κ2) is 7.81. The predicted octanol–water partition coefficient (Wildman–Crippen LogP) is 2.16. The van der Waals surface area contributed by atoms with Gasteiger partial charge in [0.15, 0.2) is 0 Å². The molecule has 0 radical (unpaired) electrons. The number of hydrogen-bond acceptors (Lipinski definition) is 3. The first kappa shape index (κ1) is 18.5. The van der Waals surface area contributed by atoms with Crippen LogP contribution in [-0.2, 0) is 9.59 Å². The Morgan fingerprint density at radius 1 is 1.17 bits per heavy atom. The summed E-state index contributed by atoms with van der Waals surface area (Å²) < 4.78 is 0. The molecule has 0 aromatic heterocycles. The van der Waals surface area contributed by atoms with Crippen LogP contribution in [0.25, 0.3) is 0 Å². The van der Waals surface area contributed by atoms with Gasteiger partial charge >= 0.3 is 6.03 Å². The van der Waals surface area contributed by atoms with Crippen molar-refractivity contribution in [3.63, 3.8) is 0 Å². The number of rotatable bonds is 6. The molecule has 1 fully saturated rings. The molecular weight excluding hydrogens is 306 g/mol. The molecule has 2 heterocycles. The summed E-state index contributed by atoms with van der Waals surface area (Å²) in [5, 5.41) is 2.97. The number of nitrogens with zero attached hydrogens (tertiary/aromatic N) is 2. The molecule has 134 valence electrons. The predicted molar refractivity (Wildman–Crippen MR) is 92.2 cm³/mol. The van der Waals surface area contributed by atoms with Crippen LogP contribution in [0, 0.1) is 11.3 Å². The van der Waals surface area contributed by atoms with E-state index in [1.165, 1.54) is 17.1 Å². The fourth-order valence-corrected chi connectivity index (χ4v) is 3.18. The molecule has 0 unspecified atom stereocenters. The van der Waals surface area contributed by atoms with E-state index in [1.807, 2.05) is 4.90 Å². The van der Waals surface area contributed by atoms with Crippen LogP contribution in [0.3, 0.4) is 0 Å². The average Bonchev–Trinajstić information content (AvgIpc) is 3.11. The molecule has 0 saturated carbocycles. The highest BCUT2D eigenvalue weighted by atomic mass is 16.2. The summed E-state index contributed by atoms with van der Waals surface area (Å²) in [7, 11) is 0. The molecule has 1 N–H and O–H groups in total. The van der Waals surface area contributed by atoms with E-state index in [-0.39, 0.29) is 23.3 Å². The van der Waals surface area contributed by atoms with Gasteiger partial charge in [-0.25, -0.2) is 4.79 Å². The van der Waals surface area contributed by atoms with Crippen molar-refractivity contribution in [2.45, 2.75) is 46.5 Å². The van der Waals surface area contributed by atoms with Crippen LogP contribution >= 0.6 is 0 Å². The van der Waals surface area contributed by atoms with Crippen molar-refractivity contribution in [2.75, 3.05) is 26.2 Å². The highest BCUT2D eigenvalue weighted by Gasteiger charge is 2.33. The fourth-order valence-electron chi connectivity index (χ4n) is 3.18. The Hall–Kier alpha value is -1.85. The topological polar surface area (TPSA) is 69.7 Å². The van der Waals surface area contributed by atoms with Gasteiger partial charge in [-0.2, -0.15) is 0 Å². The van der Waals surface area contributed by atoms with E-state index in [0.717, 1.165) is 38.8 Å². The molecular formula is C18H29N3O3. The Morgan fingerprint density at radius 2 is 1.83 bits per heavy atom. The van der Waals surface area contributed by atoms with Gasteiger partial charge < -0.3 is 10.2 Å². The largest absolute Gasteiger partial charge is 0.338 e. The SMILES string of the molecule is CC(C)(C)[C@H]1CCN(C(=O)NCCCCCN2C(=O)C=CC2=O)C1. The van der Waals surface area contributed by atoms with Crippen LogP contribution < -0.4 is 5.32 Å². The van der Waals surface area contributed by atoms with Crippen molar-refractivity contribution in [1.82, 2.24) is 15.1 Å². The average molecular weight is 335 g/mol. The standard InChI is InChI=1S/C18H29N3O3/c1-18(2,3)14-9-12-20(13-14)17(24)19-10-5-4-6-11-21-15(22)7-8-16(21)23/h7-8,14H,4-6,9-13H2,1-3H3,(H,19,24)/t14-/m0/s1. The first-order valence-electron chi connectivity index (χ1n) is 8.85. The number of imide groups is 1. The smallest absolute Gasteiger partial charge is 0.317 e. The van der Waals surface area contributed by atoms with E-state index in [4.69, 9.17) is 0 Å². The summed E-state index contributed by atoms with van der Waals surface area (Å²) in [6, 6.07) is 0.0239. The van der Waals surface area contributed by atoms with Crippen LogP contribution in [0.15, 0.2) is 12.2 Å². The Kier molecular flexibility index (Phi) is 6.02. The molecule has 0 aliphatic carbocycles. The van der Waals surface area contributed by atoms with Crippen molar-refractivity contribution < 1.29 is 14.4 Å². The van der Waals surface area contributed by atoms with E-state index in [0.29, 0.717) is 19.0 Å². The summed E-state index contributed by atoms with van der Waals surface area (Å²) in [6.07, 6.45) is 6.19. The van der Waals surface area contributed by atoms with Gasteiger partial charge in [0, 0.05) is 38.3 Å². The van der Waals surface area contributed by atoms with Gasteiger partial charge in [0.05, 0.1) is 0 Å². The Labute approximate surface area is 144 Å². The first-order chi connectivity index (χ1) is 11.3. The summed E-state index contributed by atoms with van der Waals surface area (Å²) >= 11 is 0. The number of nitrogens with one attached hydrogen (secondary N) is 1. The summed E-state index contributed by atoms with van der Waals surface area (Å²) in [6.45, 7) is 9.44. The molecule has 2 aliphatic heterocycles. The molecule has 0 aromatic rings. The van der Waals surface area contributed by atoms with E-state index < -0.39 is 0 Å². The number of carbonyl (C=O) groups is 3. The quantitative estimate of drug-likeness (QED) is 0.597. The molecule has 6 heteroatoms. The van der Waals surface area contributed by atoms with Crippen LogP contribution in [0.4, 0.5) is 4.79 Å². The highest BCUT2D eigenvalue weighted by molar-refractivity contribution is 6.12. The lowest BCUT2D eigenvalue weighted by molar-refractivity contribution is -0.136. The molecule has 0 aromatic carbocycles. The number of hydrogen-bond donors (Lipinski definition) is 1. The van der Waals surface area contributed by atoms with Crippen molar-refractivity contribution in [3.8, 4) is 0 Å². The van der Waals surface area contributed by atoms with E-state index in [1.54, 1.807) is 0 Å². The normalized spacial score (nSPS) is 21.0. The maximum Gasteiger partial charge on any atom is 0.317 e. The molecule has 1 atom stereocenters. The van der Waals surface area contributed by atoms with E-state index in [9.17, 15) is 14.4 Å². The van der Waals surface area contributed by atoms with Gasteiger partial charge in [-0.05, 0) is 37.0 Å². The van der Waals surface area contributed by atoms with Crippen LogP contribution in [0.5, 0.6) is 0 Å². The summed E-state index contributed by atoms with van der Waals surface area (Å²) in [5.74, 6) is 0.110. The zero-order valence-corrected chi connectivity index (χ0v) is 15.0. The minimum Gasteiger partial charge on any atom is -0.338 e. The van der Waals surface area contributed by atoms with Gasteiger partial charge in [0.2, 0.25) is 0 Å². The molecule has 24 heavy (non-hydrogen) atoms. The Balaban J connectivity index is 1.56. The monoisotopic (exact) mass is 335 g/mol. The van der Waals surface area contributed by atoms with Gasteiger partial charge in [-0.3, -0.25) is 14.5 Å². The van der Waals surface area contributed by atoms with Crippen LogP contribution in [0.2, 0.25) is 0 Å². The molecule has 6 nitrogen and oxygen atoms in total. The third kappa shape index (κ3) is 4.82. The first-order valence-corrected chi connectivity index (χ1v) is 8.85. The van der Waals surface area contributed by atoms with Crippen molar-refractivity contribution >= 4 is 17.8 Å². The minimum absolute atomic E-state index is 0.0239. The van der Waals surface area contributed by atoms with Gasteiger partial charge in [-0.15, -0.1) is 0 Å². The van der Waals surface area contributed by atoms with Gasteiger partial charge in [-0.1, -0.05) is 20.8 Å². The third-order valence-electron chi connectivity index (χ3n) is 4.94. The zero-order valence-electron chi connectivity index (χ0n) is 15.0. The second-order valence-electron chi connectivity index (χ2n) is 7.75. The second-order valence-corrected chi connectivity index (χ2v) is 7.75. The number of amides is 4. The van der Waals surface area contributed by atoms with Gasteiger partial charge in [0.1, 0.15) is 0 Å². The lowest BCUT2D eigenvalue weighted by Gasteiger charge is -2.27. The maximum atomic E-state index is 12.2. The van der Waals surface area contributed by atoms with Crippen LogP contribution in [0.1, 0.15) is 46.5 Å². The zero-order chi connectivity index (χ0) is 17.7. The molecule has 2 aliphatic rings. The number of carbonyl (C=O) groups excluding carboxylic acids is 3. The molecule has 0 bridgehead atoms.